The van der Waals surface area contributed by atoms with Crippen LogP contribution in [0.15, 0.2) is 28.9 Å². The number of aryl methyl sites for hydroxylation is 2. The first kappa shape index (κ1) is 16.4. The minimum Gasteiger partial charge on any atom is -0.453 e. The number of rotatable bonds is 3. The van der Waals surface area contributed by atoms with E-state index in [2.05, 4.69) is 15.2 Å². The summed E-state index contributed by atoms with van der Waals surface area (Å²) >= 11 is 0. The molecule has 2 heterocycles. The maximum atomic E-state index is 12.2. The lowest BCUT2D eigenvalue weighted by molar-refractivity contribution is 0.132. The summed E-state index contributed by atoms with van der Waals surface area (Å²) in [7, 11) is 1.29. The largest absolute Gasteiger partial charge is 0.453 e. The molecule has 136 valence electrons. The SMILES string of the molecule is COC(=O)NC[C@H]1CN(c2ccc3c(c2)CCCc2oncc2-3)C(=O)O1. The van der Waals surface area contributed by atoms with Gasteiger partial charge in [0, 0.05) is 17.7 Å². The number of fused-ring (bicyclic) bond motifs is 3. The predicted octanol–water partition coefficient (Wildman–Crippen LogP) is 2.51. The summed E-state index contributed by atoms with van der Waals surface area (Å²) in [4.78, 5) is 25.0. The third-order valence-electron chi connectivity index (χ3n) is 4.72. The van der Waals surface area contributed by atoms with Crippen molar-refractivity contribution in [1.29, 1.82) is 0 Å². The van der Waals surface area contributed by atoms with E-state index in [9.17, 15) is 9.59 Å². The van der Waals surface area contributed by atoms with E-state index in [0.717, 1.165) is 47.4 Å². The van der Waals surface area contributed by atoms with Crippen molar-refractivity contribution in [3.8, 4) is 11.1 Å². The average molecular weight is 357 g/mol. The molecule has 1 aliphatic heterocycles. The summed E-state index contributed by atoms with van der Waals surface area (Å²) < 4.78 is 15.2. The van der Waals surface area contributed by atoms with Gasteiger partial charge in [0.05, 0.1) is 26.4 Å². The molecule has 0 saturated carbocycles. The van der Waals surface area contributed by atoms with Crippen molar-refractivity contribution in [3.05, 3.63) is 35.7 Å². The van der Waals surface area contributed by atoms with E-state index in [1.54, 1.807) is 11.1 Å². The Bertz CT molecular complexity index is 847. The highest BCUT2D eigenvalue weighted by Gasteiger charge is 2.33. The van der Waals surface area contributed by atoms with Crippen LogP contribution in [0.3, 0.4) is 0 Å². The Labute approximate surface area is 150 Å². The lowest BCUT2D eigenvalue weighted by Gasteiger charge is -2.16. The van der Waals surface area contributed by atoms with Crippen molar-refractivity contribution in [1.82, 2.24) is 10.5 Å². The number of hydrogen-bond donors (Lipinski definition) is 1. The number of nitrogens with zero attached hydrogens (tertiary/aromatic N) is 2. The fraction of sp³-hybridized carbons (Fsp3) is 0.389. The molecule has 8 heteroatoms. The molecule has 1 atom stereocenters. The van der Waals surface area contributed by atoms with Gasteiger partial charge in [-0.15, -0.1) is 0 Å². The van der Waals surface area contributed by atoms with Gasteiger partial charge >= 0.3 is 12.2 Å². The number of hydrogen-bond acceptors (Lipinski definition) is 6. The van der Waals surface area contributed by atoms with Gasteiger partial charge in [-0.2, -0.15) is 0 Å². The number of amides is 2. The van der Waals surface area contributed by atoms with Crippen LogP contribution >= 0.6 is 0 Å². The van der Waals surface area contributed by atoms with Crippen LogP contribution in [-0.4, -0.2) is 43.6 Å². The van der Waals surface area contributed by atoms with Crippen LogP contribution in [0.2, 0.25) is 0 Å². The topological polar surface area (TPSA) is 93.9 Å². The number of anilines is 1. The number of methoxy groups -OCH3 is 1. The molecule has 0 unspecified atom stereocenters. The van der Waals surface area contributed by atoms with Crippen LogP contribution in [-0.2, 0) is 22.3 Å². The second-order valence-electron chi connectivity index (χ2n) is 6.35. The Morgan fingerprint density at radius 3 is 3.12 bits per heavy atom. The van der Waals surface area contributed by atoms with E-state index in [1.165, 1.54) is 7.11 Å². The molecule has 26 heavy (non-hydrogen) atoms. The van der Waals surface area contributed by atoms with Crippen LogP contribution in [0.1, 0.15) is 17.7 Å². The summed E-state index contributed by atoms with van der Waals surface area (Å²) in [6.07, 6.45) is 3.10. The monoisotopic (exact) mass is 357 g/mol. The van der Waals surface area contributed by atoms with Gasteiger partial charge in [-0.1, -0.05) is 11.2 Å². The highest BCUT2D eigenvalue weighted by Crippen LogP contribution is 2.35. The van der Waals surface area contributed by atoms with E-state index in [0.29, 0.717) is 6.54 Å². The summed E-state index contributed by atoms with van der Waals surface area (Å²) in [5, 5.41) is 6.45. The highest BCUT2D eigenvalue weighted by molar-refractivity contribution is 5.90. The number of carbonyl (C=O) groups excluding carboxylic acids is 2. The third kappa shape index (κ3) is 2.98. The van der Waals surface area contributed by atoms with Gasteiger partial charge in [0.1, 0.15) is 11.9 Å². The van der Waals surface area contributed by atoms with E-state index >= 15 is 0 Å². The van der Waals surface area contributed by atoms with Crippen LogP contribution in [0, 0.1) is 0 Å². The zero-order valence-electron chi connectivity index (χ0n) is 14.4. The second kappa shape index (κ2) is 6.70. The molecule has 4 rings (SSSR count). The van der Waals surface area contributed by atoms with Crippen molar-refractivity contribution < 1.29 is 23.6 Å². The summed E-state index contributed by atoms with van der Waals surface area (Å²) in [5.41, 5.74) is 4.06. The van der Waals surface area contributed by atoms with E-state index in [1.807, 2.05) is 18.2 Å². The van der Waals surface area contributed by atoms with Crippen LogP contribution in [0.5, 0.6) is 0 Å². The highest BCUT2D eigenvalue weighted by atomic mass is 16.6. The summed E-state index contributed by atoms with van der Waals surface area (Å²) in [5.74, 6) is 0.908. The van der Waals surface area contributed by atoms with Gasteiger partial charge in [-0.05, 0) is 36.1 Å². The standard InChI is InChI=1S/C18H19N3O5/c1-24-17(22)19-8-13-10-21(18(23)25-13)12-5-6-14-11(7-12)3-2-4-16-15(14)9-20-26-16/h5-7,9,13H,2-4,8,10H2,1H3,(H,19,22)/t13-/m0/s1. The Morgan fingerprint density at radius 2 is 2.27 bits per heavy atom. The molecule has 1 fully saturated rings. The molecule has 2 aliphatic rings. The number of cyclic esters (lactones) is 1. The molecule has 0 bridgehead atoms. The van der Waals surface area contributed by atoms with E-state index < -0.39 is 18.3 Å². The van der Waals surface area contributed by atoms with Crippen molar-refractivity contribution in [3.63, 3.8) is 0 Å². The summed E-state index contributed by atoms with van der Waals surface area (Å²) in [6.45, 7) is 0.587. The molecule has 1 N–H and O–H groups in total. The van der Waals surface area contributed by atoms with Crippen LogP contribution < -0.4 is 10.2 Å². The Hall–Kier alpha value is -3.03. The van der Waals surface area contributed by atoms with Gasteiger partial charge in [0.15, 0.2) is 0 Å². The van der Waals surface area contributed by atoms with Crippen LogP contribution in [0.25, 0.3) is 11.1 Å². The quantitative estimate of drug-likeness (QED) is 0.907. The second-order valence-corrected chi connectivity index (χ2v) is 6.35. The Balaban J connectivity index is 1.53. The van der Waals surface area contributed by atoms with Gasteiger partial charge in [0.2, 0.25) is 0 Å². The fourth-order valence-corrected chi connectivity index (χ4v) is 3.43. The first-order chi connectivity index (χ1) is 12.7. The van der Waals surface area contributed by atoms with Gasteiger partial charge < -0.3 is 19.3 Å². The maximum Gasteiger partial charge on any atom is 0.414 e. The predicted molar refractivity (Wildman–Crippen MR) is 92.0 cm³/mol. The smallest absolute Gasteiger partial charge is 0.414 e. The molecule has 2 amide bonds. The number of ether oxygens (including phenoxy) is 2. The van der Waals surface area contributed by atoms with Crippen molar-refractivity contribution >= 4 is 17.9 Å². The van der Waals surface area contributed by atoms with Gasteiger partial charge in [-0.25, -0.2) is 9.59 Å². The van der Waals surface area contributed by atoms with Crippen LogP contribution in [0.4, 0.5) is 15.3 Å². The molecule has 1 aliphatic carbocycles. The third-order valence-corrected chi connectivity index (χ3v) is 4.72. The van der Waals surface area contributed by atoms with E-state index in [-0.39, 0.29) is 6.54 Å². The van der Waals surface area contributed by atoms with Gasteiger partial charge in [-0.3, -0.25) is 4.90 Å². The maximum absolute atomic E-state index is 12.2. The normalized spacial score (nSPS) is 18.6. The zero-order valence-corrected chi connectivity index (χ0v) is 14.4. The van der Waals surface area contributed by atoms with Crippen molar-refractivity contribution in [2.24, 2.45) is 0 Å². The molecule has 1 aromatic carbocycles. The van der Waals surface area contributed by atoms with Crippen molar-refractivity contribution in [2.75, 3.05) is 25.1 Å². The molecule has 0 radical (unpaired) electrons. The minimum absolute atomic E-state index is 0.212. The summed E-state index contributed by atoms with van der Waals surface area (Å²) in [6, 6.07) is 5.92. The van der Waals surface area contributed by atoms with Gasteiger partial charge in [0.25, 0.3) is 0 Å². The Morgan fingerprint density at radius 1 is 1.38 bits per heavy atom. The fourth-order valence-electron chi connectivity index (χ4n) is 3.43. The Kier molecular flexibility index (Phi) is 4.24. The lowest BCUT2D eigenvalue weighted by atomic mass is 9.99. The van der Waals surface area contributed by atoms with E-state index in [4.69, 9.17) is 9.26 Å². The molecular formula is C18H19N3O5. The molecule has 1 saturated heterocycles. The number of benzene rings is 1. The molecule has 1 aromatic heterocycles. The number of carbonyl (C=O) groups is 2. The molecule has 2 aromatic rings. The molecule has 8 nitrogen and oxygen atoms in total. The number of aromatic nitrogens is 1. The first-order valence-electron chi connectivity index (χ1n) is 8.52. The minimum atomic E-state index is -0.547. The lowest BCUT2D eigenvalue weighted by Crippen LogP contribution is -2.34. The zero-order chi connectivity index (χ0) is 18.1. The average Bonchev–Trinajstić information content (AvgIpc) is 3.22. The molecule has 0 spiro atoms. The first-order valence-corrected chi connectivity index (χ1v) is 8.52. The van der Waals surface area contributed by atoms with Crippen molar-refractivity contribution in [2.45, 2.75) is 25.4 Å². The molecular weight excluding hydrogens is 338 g/mol. The number of alkyl carbamates (subject to hydrolysis) is 1. The number of nitrogens with one attached hydrogen (secondary N) is 1.